The molecular formula is C21H22Cl3FN2O3. The van der Waals surface area contributed by atoms with Gasteiger partial charge in [0.25, 0.3) is 0 Å². The van der Waals surface area contributed by atoms with Gasteiger partial charge in [-0.3, -0.25) is 4.90 Å². The molecule has 1 saturated heterocycles. The average molecular weight is 476 g/mol. The molecule has 30 heavy (non-hydrogen) atoms. The SMILES string of the molecule is Cl.Cl.O=c1oc(CCN2CCN(c3cccc(Cl)c3)CC2)c(-c2ccc(F)cc2)o1. The van der Waals surface area contributed by atoms with E-state index in [-0.39, 0.29) is 30.6 Å². The van der Waals surface area contributed by atoms with Crippen LogP contribution in [0.4, 0.5) is 10.1 Å². The van der Waals surface area contributed by atoms with Crippen LogP contribution in [-0.2, 0) is 6.42 Å². The third kappa shape index (κ3) is 5.79. The van der Waals surface area contributed by atoms with Crippen molar-refractivity contribution in [2.45, 2.75) is 6.42 Å². The molecule has 0 spiro atoms. The third-order valence-electron chi connectivity index (χ3n) is 4.95. The summed E-state index contributed by atoms with van der Waals surface area (Å²) in [7, 11) is 0. The van der Waals surface area contributed by atoms with Gasteiger partial charge in [-0.15, -0.1) is 24.8 Å². The maximum absolute atomic E-state index is 13.1. The Balaban J connectivity index is 0.00000160. The van der Waals surface area contributed by atoms with Crippen molar-refractivity contribution in [2.24, 2.45) is 0 Å². The fourth-order valence-corrected chi connectivity index (χ4v) is 3.64. The number of piperazine rings is 1. The van der Waals surface area contributed by atoms with E-state index in [0.29, 0.717) is 23.5 Å². The van der Waals surface area contributed by atoms with Crippen LogP contribution in [0.3, 0.4) is 0 Å². The van der Waals surface area contributed by atoms with Gasteiger partial charge in [0.05, 0.1) is 0 Å². The van der Waals surface area contributed by atoms with Crippen LogP contribution >= 0.6 is 36.4 Å². The lowest BCUT2D eigenvalue weighted by molar-refractivity contribution is 0.254. The van der Waals surface area contributed by atoms with Gasteiger partial charge in [-0.25, -0.2) is 9.18 Å². The summed E-state index contributed by atoms with van der Waals surface area (Å²) in [6, 6.07) is 13.7. The van der Waals surface area contributed by atoms with Crippen molar-refractivity contribution in [2.75, 3.05) is 37.6 Å². The first-order valence-electron chi connectivity index (χ1n) is 9.20. The van der Waals surface area contributed by atoms with Crippen LogP contribution in [0.2, 0.25) is 5.02 Å². The highest BCUT2D eigenvalue weighted by molar-refractivity contribution is 6.30. The van der Waals surface area contributed by atoms with E-state index in [1.165, 1.54) is 12.1 Å². The van der Waals surface area contributed by atoms with Gasteiger partial charge in [0.15, 0.2) is 11.5 Å². The number of hydrogen-bond donors (Lipinski definition) is 0. The second-order valence-electron chi connectivity index (χ2n) is 6.77. The molecule has 0 N–H and O–H groups in total. The zero-order chi connectivity index (χ0) is 19.5. The van der Waals surface area contributed by atoms with Crippen LogP contribution in [0.15, 0.2) is 62.2 Å². The summed E-state index contributed by atoms with van der Waals surface area (Å²) in [5, 5.41) is 0.739. The molecule has 0 amide bonds. The number of rotatable bonds is 5. The minimum absolute atomic E-state index is 0. The van der Waals surface area contributed by atoms with Crippen molar-refractivity contribution in [3.8, 4) is 11.3 Å². The first kappa shape index (κ1) is 24.3. The molecule has 9 heteroatoms. The van der Waals surface area contributed by atoms with E-state index >= 15 is 0 Å². The maximum Gasteiger partial charge on any atom is 0.519 e. The fourth-order valence-electron chi connectivity index (χ4n) is 3.46. The summed E-state index contributed by atoms with van der Waals surface area (Å²) < 4.78 is 23.6. The summed E-state index contributed by atoms with van der Waals surface area (Å²) in [6.45, 7) is 4.36. The molecule has 3 aromatic rings. The standard InChI is InChI=1S/C21H20ClFN2O3.2ClH/c22-16-2-1-3-18(14-16)25-12-10-24(11-13-25)9-8-19-20(28-21(26)27-19)15-4-6-17(23)7-5-15;;/h1-7,14H,8-13H2;2*1H. The highest BCUT2D eigenvalue weighted by Crippen LogP contribution is 2.24. The predicted octanol–water partition coefficient (Wildman–Crippen LogP) is 4.90. The van der Waals surface area contributed by atoms with Crippen LogP contribution < -0.4 is 10.7 Å². The second-order valence-corrected chi connectivity index (χ2v) is 7.21. The number of benzene rings is 2. The molecule has 1 aliphatic rings. The fraction of sp³-hybridized carbons (Fsp3) is 0.286. The molecule has 1 aliphatic heterocycles. The van der Waals surface area contributed by atoms with Crippen LogP contribution in [0.5, 0.6) is 0 Å². The maximum atomic E-state index is 13.1. The molecule has 0 aliphatic carbocycles. The smallest absolute Gasteiger partial charge is 0.395 e. The summed E-state index contributed by atoms with van der Waals surface area (Å²) >= 11 is 6.08. The molecule has 0 radical (unpaired) electrons. The van der Waals surface area contributed by atoms with Crippen LogP contribution in [0.25, 0.3) is 11.3 Å². The summed E-state index contributed by atoms with van der Waals surface area (Å²) in [5.41, 5.74) is 1.76. The van der Waals surface area contributed by atoms with E-state index in [4.69, 9.17) is 20.4 Å². The Morgan fingerprint density at radius 1 is 0.967 bits per heavy atom. The Hall–Kier alpha value is -1.99. The van der Waals surface area contributed by atoms with E-state index < -0.39 is 5.82 Å². The van der Waals surface area contributed by atoms with Crippen molar-refractivity contribution in [1.29, 1.82) is 0 Å². The van der Waals surface area contributed by atoms with Gasteiger partial charge in [0.2, 0.25) is 0 Å². The van der Waals surface area contributed by atoms with Crippen molar-refractivity contribution in [3.63, 3.8) is 0 Å². The predicted molar refractivity (Wildman–Crippen MR) is 121 cm³/mol. The number of hydrogen-bond acceptors (Lipinski definition) is 5. The van der Waals surface area contributed by atoms with Gasteiger partial charge in [-0.1, -0.05) is 17.7 Å². The van der Waals surface area contributed by atoms with E-state index in [1.807, 2.05) is 18.2 Å². The van der Waals surface area contributed by atoms with E-state index in [9.17, 15) is 9.18 Å². The Morgan fingerprint density at radius 3 is 2.33 bits per heavy atom. The van der Waals surface area contributed by atoms with Crippen molar-refractivity contribution in [1.82, 2.24) is 4.90 Å². The van der Waals surface area contributed by atoms with E-state index in [1.54, 1.807) is 12.1 Å². The molecule has 1 aromatic heterocycles. The molecule has 162 valence electrons. The van der Waals surface area contributed by atoms with E-state index in [2.05, 4.69) is 15.9 Å². The summed E-state index contributed by atoms with van der Waals surface area (Å²) in [6.07, 6.45) is 0.551. The van der Waals surface area contributed by atoms with Crippen LogP contribution in [0.1, 0.15) is 5.76 Å². The molecule has 2 heterocycles. The zero-order valence-corrected chi connectivity index (χ0v) is 18.4. The number of halogens is 4. The zero-order valence-electron chi connectivity index (χ0n) is 16.1. The normalized spacial score (nSPS) is 14.1. The molecule has 2 aromatic carbocycles. The van der Waals surface area contributed by atoms with Gasteiger partial charge in [-0.2, -0.15) is 0 Å². The summed E-state index contributed by atoms with van der Waals surface area (Å²) in [4.78, 5) is 16.2. The van der Waals surface area contributed by atoms with Crippen molar-refractivity contribution in [3.05, 3.63) is 75.7 Å². The highest BCUT2D eigenvalue weighted by atomic mass is 35.5. The topological polar surface area (TPSA) is 49.8 Å². The van der Waals surface area contributed by atoms with Gasteiger partial charge in [0.1, 0.15) is 5.82 Å². The molecule has 4 rings (SSSR count). The quantitative estimate of drug-likeness (QED) is 0.525. The largest absolute Gasteiger partial charge is 0.519 e. The van der Waals surface area contributed by atoms with Crippen LogP contribution in [-0.4, -0.2) is 37.6 Å². The second kappa shape index (κ2) is 10.9. The third-order valence-corrected chi connectivity index (χ3v) is 5.19. The molecule has 5 nitrogen and oxygen atoms in total. The Labute approximate surface area is 191 Å². The lowest BCUT2D eigenvalue weighted by Crippen LogP contribution is -2.47. The van der Waals surface area contributed by atoms with Crippen LogP contribution in [0, 0.1) is 5.82 Å². The minimum atomic E-state index is -0.736. The van der Waals surface area contributed by atoms with E-state index in [0.717, 1.165) is 43.4 Å². The lowest BCUT2D eigenvalue weighted by Gasteiger charge is -2.36. The van der Waals surface area contributed by atoms with Gasteiger partial charge in [-0.05, 0) is 42.5 Å². The van der Waals surface area contributed by atoms with Crippen molar-refractivity contribution >= 4 is 42.1 Å². The molecule has 0 unspecified atom stereocenters. The molecule has 0 bridgehead atoms. The monoisotopic (exact) mass is 474 g/mol. The van der Waals surface area contributed by atoms with Crippen molar-refractivity contribution < 1.29 is 13.2 Å². The minimum Gasteiger partial charge on any atom is -0.395 e. The molecular weight excluding hydrogens is 454 g/mol. The Bertz CT molecular complexity index is 999. The average Bonchev–Trinajstić information content (AvgIpc) is 3.08. The number of nitrogens with zero attached hydrogens (tertiary/aromatic N) is 2. The number of anilines is 1. The Kier molecular flexibility index (Phi) is 8.79. The first-order chi connectivity index (χ1) is 13.6. The van der Waals surface area contributed by atoms with Gasteiger partial charge < -0.3 is 13.7 Å². The Morgan fingerprint density at radius 2 is 1.67 bits per heavy atom. The summed E-state index contributed by atoms with van der Waals surface area (Å²) in [5.74, 6) is -0.203. The van der Waals surface area contributed by atoms with Gasteiger partial charge in [0, 0.05) is 55.4 Å². The first-order valence-corrected chi connectivity index (χ1v) is 9.58. The molecule has 1 fully saturated rings. The lowest BCUT2D eigenvalue weighted by atomic mass is 10.1. The molecule has 0 saturated carbocycles. The van der Waals surface area contributed by atoms with Gasteiger partial charge >= 0.3 is 5.82 Å². The molecule has 0 atom stereocenters. The highest BCUT2D eigenvalue weighted by Gasteiger charge is 2.20.